The predicted molar refractivity (Wildman–Crippen MR) is 65.2 cm³/mol. The van der Waals surface area contributed by atoms with Crippen LogP contribution >= 0.6 is 0 Å². The van der Waals surface area contributed by atoms with E-state index in [4.69, 9.17) is 5.11 Å². The smallest absolute Gasteiger partial charge is 0.354 e. The number of aromatic nitrogens is 1. The first-order chi connectivity index (χ1) is 7.94. The van der Waals surface area contributed by atoms with Crippen molar-refractivity contribution >= 4 is 11.7 Å². The highest BCUT2D eigenvalue weighted by atomic mass is 16.4. The normalized spacial score (nSPS) is 14.1. The van der Waals surface area contributed by atoms with Crippen molar-refractivity contribution in [3.05, 3.63) is 24.0 Å². The number of carboxylic acid groups (broad SMARTS) is 1. The first-order valence-electron chi connectivity index (χ1n) is 5.60. The predicted octanol–water partition coefficient (Wildman–Crippen LogP) is 1.74. The molecule has 94 valence electrons. The third-order valence-electron chi connectivity index (χ3n) is 2.44. The molecule has 5 heteroatoms. The number of hydrogen-bond donors (Lipinski definition) is 3. The van der Waals surface area contributed by atoms with Gasteiger partial charge in [0.25, 0.3) is 0 Å². The number of pyridine rings is 1. The summed E-state index contributed by atoms with van der Waals surface area (Å²) in [5, 5.41) is 21.7. The summed E-state index contributed by atoms with van der Waals surface area (Å²) in [6.07, 6.45) is 3.07. The van der Waals surface area contributed by atoms with Crippen molar-refractivity contribution in [2.24, 2.45) is 0 Å². The molecule has 1 aromatic rings. The van der Waals surface area contributed by atoms with E-state index in [2.05, 4.69) is 10.3 Å². The van der Waals surface area contributed by atoms with Crippen LogP contribution in [0.1, 0.15) is 37.2 Å². The molecule has 0 aromatic carbocycles. The molecule has 3 N–H and O–H groups in total. The van der Waals surface area contributed by atoms with Gasteiger partial charge in [0, 0.05) is 6.54 Å². The Balaban J connectivity index is 2.55. The third kappa shape index (κ3) is 4.40. The van der Waals surface area contributed by atoms with Crippen LogP contribution in [0.25, 0.3) is 0 Å². The Morgan fingerprint density at radius 1 is 1.53 bits per heavy atom. The standard InChI is InChI=1S/C12H18N2O3/c1-3-6-12(2,17)8-14-9-4-5-10(11(15)16)13-7-9/h4-5,7,14,17H,3,6,8H2,1-2H3,(H,15,16). The summed E-state index contributed by atoms with van der Waals surface area (Å²) in [4.78, 5) is 14.4. The van der Waals surface area contributed by atoms with Crippen LogP contribution in [0.2, 0.25) is 0 Å². The molecule has 1 atom stereocenters. The summed E-state index contributed by atoms with van der Waals surface area (Å²) < 4.78 is 0. The molecule has 0 saturated heterocycles. The van der Waals surface area contributed by atoms with E-state index in [1.54, 1.807) is 13.0 Å². The van der Waals surface area contributed by atoms with Crippen LogP contribution in [0, 0.1) is 0 Å². The summed E-state index contributed by atoms with van der Waals surface area (Å²) in [5.41, 5.74) is -0.0533. The minimum Gasteiger partial charge on any atom is -0.477 e. The van der Waals surface area contributed by atoms with Crippen LogP contribution in [0.3, 0.4) is 0 Å². The third-order valence-corrected chi connectivity index (χ3v) is 2.44. The molecule has 1 aromatic heterocycles. The molecule has 1 heterocycles. The fourth-order valence-electron chi connectivity index (χ4n) is 1.54. The van der Waals surface area contributed by atoms with Crippen molar-refractivity contribution in [3.63, 3.8) is 0 Å². The van der Waals surface area contributed by atoms with Gasteiger partial charge in [-0.15, -0.1) is 0 Å². The highest BCUT2D eigenvalue weighted by Gasteiger charge is 2.18. The van der Waals surface area contributed by atoms with Gasteiger partial charge < -0.3 is 15.5 Å². The minimum absolute atomic E-state index is 0.0101. The Bertz CT molecular complexity index is 374. The molecule has 1 unspecified atom stereocenters. The first kappa shape index (κ1) is 13.4. The zero-order chi connectivity index (χ0) is 12.9. The average molecular weight is 238 g/mol. The fourth-order valence-corrected chi connectivity index (χ4v) is 1.54. The number of carboxylic acids is 1. The second-order valence-electron chi connectivity index (χ2n) is 4.34. The van der Waals surface area contributed by atoms with Gasteiger partial charge in [0.2, 0.25) is 0 Å². The first-order valence-corrected chi connectivity index (χ1v) is 5.60. The zero-order valence-corrected chi connectivity index (χ0v) is 10.1. The van der Waals surface area contributed by atoms with E-state index < -0.39 is 11.6 Å². The van der Waals surface area contributed by atoms with Crippen molar-refractivity contribution < 1.29 is 15.0 Å². The van der Waals surface area contributed by atoms with Crippen molar-refractivity contribution in [2.45, 2.75) is 32.3 Å². The topological polar surface area (TPSA) is 82.5 Å². The van der Waals surface area contributed by atoms with Crippen LogP contribution in [-0.2, 0) is 0 Å². The van der Waals surface area contributed by atoms with E-state index in [-0.39, 0.29) is 5.69 Å². The summed E-state index contributed by atoms with van der Waals surface area (Å²) in [7, 11) is 0. The van der Waals surface area contributed by atoms with Crippen LogP contribution in [-0.4, -0.2) is 33.3 Å². The molecule has 0 radical (unpaired) electrons. The molecule has 17 heavy (non-hydrogen) atoms. The van der Waals surface area contributed by atoms with Gasteiger partial charge >= 0.3 is 5.97 Å². The Morgan fingerprint density at radius 3 is 2.71 bits per heavy atom. The molecule has 0 aliphatic carbocycles. The number of rotatable bonds is 6. The van der Waals surface area contributed by atoms with Gasteiger partial charge in [-0.2, -0.15) is 0 Å². The van der Waals surface area contributed by atoms with Crippen LogP contribution < -0.4 is 5.32 Å². The van der Waals surface area contributed by atoms with Crippen molar-refractivity contribution in [2.75, 3.05) is 11.9 Å². The highest BCUT2D eigenvalue weighted by Crippen LogP contribution is 2.14. The number of carbonyl (C=O) groups is 1. The lowest BCUT2D eigenvalue weighted by atomic mass is 10.0. The van der Waals surface area contributed by atoms with Gasteiger partial charge in [-0.25, -0.2) is 9.78 Å². The summed E-state index contributed by atoms with van der Waals surface area (Å²) >= 11 is 0. The van der Waals surface area contributed by atoms with E-state index >= 15 is 0 Å². The Morgan fingerprint density at radius 2 is 2.24 bits per heavy atom. The molecular weight excluding hydrogens is 220 g/mol. The zero-order valence-electron chi connectivity index (χ0n) is 10.1. The molecule has 0 saturated carbocycles. The summed E-state index contributed by atoms with van der Waals surface area (Å²) in [6.45, 7) is 4.19. The van der Waals surface area contributed by atoms with Crippen molar-refractivity contribution in [1.29, 1.82) is 0 Å². The van der Waals surface area contributed by atoms with Gasteiger partial charge in [0.1, 0.15) is 5.69 Å². The van der Waals surface area contributed by atoms with Crippen molar-refractivity contribution in [1.82, 2.24) is 4.98 Å². The van der Waals surface area contributed by atoms with Gasteiger partial charge in [-0.05, 0) is 25.5 Å². The fraction of sp³-hybridized carbons (Fsp3) is 0.500. The van der Waals surface area contributed by atoms with Gasteiger partial charge in [0.15, 0.2) is 0 Å². The summed E-state index contributed by atoms with van der Waals surface area (Å²) in [6, 6.07) is 3.07. The lowest BCUT2D eigenvalue weighted by Gasteiger charge is -2.23. The Labute approximate surface area is 101 Å². The summed E-state index contributed by atoms with van der Waals surface area (Å²) in [5.74, 6) is -1.05. The molecule has 0 aliphatic heterocycles. The second-order valence-corrected chi connectivity index (χ2v) is 4.34. The molecule has 0 spiro atoms. The number of aliphatic hydroxyl groups is 1. The maximum Gasteiger partial charge on any atom is 0.354 e. The SMILES string of the molecule is CCCC(C)(O)CNc1ccc(C(=O)O)nc1. The van der Waals surface area contributed by atoms with Crippen LogP contribution in [0.4, 0.5) is 5.69 Å². The van der Waals surface area contributed by atoms with E-state index in [0.717, 1.165) is 6.42 Å². The molecule has 0 aliphatic rings. The monoisotopic (exact) mass is 238 g/mol. The number of hydrogen-bond acceptors (Lipinski definition) is 4. The molecule has 5 nitrogen and oxygen atoms in total. The number of nitrogens with one attached hydrogen (secondary N) is 1. The second kappa shape index (κ2) is 5.63. The van der Waals surface area contributed by atoms with E-state index in [0.29, 0.717) is 18.7 Å². The highest BCUT2D eigenvalue weighted by molar-refractivity contribution is 5.85. The largest absolute Gasteiger partial charge is 0.477 e. The van der Waals surface area contributed by atoms with Gasteiger partial charge in [0.05, 0.1) is 17.5 Å². The van der Waals surface area contributed by atoms with E-state index in [9.17, 15) is 9.90 Å². The Hall–Kier alpha value is -1.62. The molecule has 0 fully saturated rings. The lowest BCUT2D eigenvalue weighted by Crippen LogP contribution is -2.33. The number of aromatic carboxylic acids is 1. The van der Waals surface area contributed by atoms with E-state index in [1.807, 2.05) is 6.92 Å². The molecule has 1 rings (SSSR count). The number of nitrogens with zero attached hydrogens (tertiary/aromatic N) is 1. The lowest BCUT2D eigenvalue weighted by molar-refractivity contribution is 0.0635. The minimum atomic E-state index is -1.05. The number of anilines is 1. The van der Waals surface area contributed by atoms with Crippen molar-refractivity contribution in [3.8, 4) is 0 Å². The van der Waals surface area contributed by atoms with Gasteiger partial charge in [-0.3, -0.25) is 0 Å². The van der Waals surface area contributed by atoms with E-state index in [1.165, 1.54) is 12.3 Å². The molecule has 0 amide bonds. The Kier molecular flexibility index (Phi) is 4.45. The van der Waals surface area contributed by atoms with Crippen LogP contribution in [0.15, 0.2) is 18.3 Å². The molecular formula is C12H18N2O3. The maximum absolute atomic E-state index is 10.6. The molecule has 0 bridgehead atoms. The van der Waals surface area contributed by atoms with Gasteiger partial charge in [-0.1, -0.05) is 13.3 Å². The average Bonchev–Trinajstić information content (AvgIpc) is 2.27. The quantitative estimate of drug-likeness (QED) is 0.703. The maximum atomic E-state index is 10.6. The van der Waals surface area contributed by atoms with Crippen LogP contribution in [0.5, 0.6) is 0 Å².